The number of terminal acetylenes is 1. The minimum absolute atomic E-state index is 0.0958. The quantitative estimate of drug-likeness (QED) is 0.526. The van der Waals surface area contributed by atoms with Crippen LogP contribution in [-0.4, -0.2) is 53.2 Å². The SMILES string of the molecule is C#C[C@H]1CC[C@@H](C#N)N1C(=O)CN[C@H]1CC[C@H](Oc2ccc(C(=O)OC(C)(C)C)cc2)CC1. The molecule has 0 aromatic heterocycles. The molecule has 1 aromatic carbocycles. The number of hydrogen-bond acceptors (Lipinski definition) is 6. The molecule has 1 aliphatic carbocycles. The first kappa shape index (κ1) is 24.6. The van der Waals surface area contributed by atoms with E-state index in [1.54, 1.807) is 29.2 Å². The number of carbonyl (C=O) groups is 2. The van der Waals surface area contributed by atoms with E-state index >= 15 is 0 Å². The van der Waals surface area contributed by atoms with Crippen molar-refractivity contribution in [3.05, 3.63) is 29.8 Å². The Bertz CT molecular complexity index is 893. The number of likely N-dealkylation sites (tertiary alicyclic amines) is 1. The minimum Gasteiger partial charge on any atom is -0.490 e. The molecule has 2 atom stereocenters. The van der Waals surface area contributed by atoms with E-state index in [9.17, 15) is 14.9 Å². The van der Waals surface area contributed by atoms with Crippen LogP contribution in [0.4, 0.5) is 0 Å². The first-order chi connectivity index (χ1) is 15.7. The van der Waals surface area contributed by atoms with Crippen molar-refractivity contribution < 1.29 is 19.1 Å². The molecule has 33 heavy (non-hydrogen) atoms. The maximum Gasteiger partial charge on any atom is 0.338 e. The van der Waals surface area contributed by atoms with Gasteiger partial charge in [-0.2, -0.15) is 5.26 Å². The van der Waals surface area contributed by atoms with E-state index in [1.807, 2.05) is 20.8 Å². The first-order valence-electron chi connectivity index (χ1n) is 11.6. The largest absolute Gasteiger partial charge is 0.490 e. The van der Waals surface area contributed by atoms with Gasteiger partial charge in [0.05, 0.1) is 30.3 Å². The number of nitrogens with one attached hydrogen (secondary N) is 1. The summed E-state index contributed by atoms with van der Waals surface area (Å²) in [7, 11) is 0. The summed E-state index contributed by atoms with van der Waals surface area (Å²) in [6.45, 7) is 5.71. The summed E-state index contributed by atoms with van der Waals surface area (Å²) in [6, 6.07) is 8.75. The normalized spacial score (nSPS) is 25.1. The van der Waals surface area contributed by atoms with Crippen LogP contribution in [0.2, 0.25) is 0 Å². The monoisotopic (exact) mass is 451 g/mol. The second-order valence-corrected chi connectivity index (χ2v) is 9.70. The average Bonchev–Trinajstić information content (AvgIpc) is 3.21. The van der Waals surface area contributed by atoms with Crippen molar-refractivity contribution in [1.82, 2.24) is 10.2 Å². The lowest BCUT2D eigenvalue weighted by Crippen LogP contribution is -2.47. The highest BCUT2D eigenvalue weighted by Crippen LogP contribution is 2.26. The number of ether oxygens (including phenoxy) is 2. The van der Waals surface area contributed by atoms with Gasteiger partial charge < -0.3 is 19.7 Å². The van der Waals surface area contributed by atoms with E-state index in [4.69, 9.17) is 15.9 Å². The summed E-state index contributed by atoms with van der Waals surface area (Å²) in [5.41, 5.74) is -0.0306. The Labute approximate surface area is 196 Å². The van der Waals surface area contributed by atoms with Crippen molar-refractivity contribution >= 4 is 11.9 Å². The van der Waals surface area contributed by atoms with Gasteiger partial charge in [0, 0.05) is 6.04 Å². The van der Waals surface area contributed by atoms with E-state index in [2.05, 4.69) is 17.3 Å². The van der Waals surface area contributed by atoms with Crippen molar-refractivity contribution in [2.75, 3.05) is 6.54 Å². The summed E-state index contributed by atoms with van der Waals surface area (Å²) >= 11 is 0. The molecule has 0 spiro atoms. The smallest absolute Gasteiger partial charge is 0.338 e. The molecule has 7 nitrogen and oxygen atoms in total. The Morgan fingerprint density at radius 2 is 1.73 bits per heavy atom. The van der Waals surface area contributed by atoms with Crippen molar-refractivity contribution in [1.29, 1.82) is 5.26 Å². The molecular formula is C26H33N3O4. The number of rotatable bonds is 6. The van der Waals surface area contributed by atoms with Crippen molar-refractivity contribution in [3.8, 4) is 24.2 Å². The molecule has 1 saturated heterocycles. The van der Waals surface area contributed by atoms with Gasteiger partial charge in [-0.25, -0.2) is 4.79 Å². The number of amides is 1. The van der Waals surface area contributed by atoms with Crippen LogP contribution in [0.5, 0.6) is 5.75 Å². The zero-order chi connectivity index (χ0) is 24.0. The third-order valence-corrected chi connectivity index (χ3v) is 6.02. The second kappa shape index (κ2) is 10.7. The van der Waals surface area contributed by atoms with Crippen molar-refractivity contribution in [2.24, 2.45) is 0 Å². The van der Waals surface area contributed by atoms with Crippen LogP contribution < -0.4 is 10.1 Å². The lowest BCUT2D eigenvalue weighted by Gasteiger charge is -2.30. The molecule has 0 unspecified atom stereocenters. The number of carbonyl (C=O) groups excluding carboxylic acids is 2. The number of benzene rings is 1. The van der Waals surface area contributed by atoms with Gasteiger partial charge in [-0.05, 0) is 83.6 Å². The van der Waals surface area contributed by atoms with Gasteiger partial charge in [-0.15, -0.1) is 6.42 Å². The van der Waals surface area contributed by atoms with E-state index in [-0.39, 0.29) is 36.6 Å². The van der Waals surface area contributed by atoms with E-state index in [0.717, 1.165) is 31.4 Å². The molecule has 2 aliphatic rings. The van der Waals surface area contributed by atoms with Crippen LogP contribution in [0, 0.1) is 23.7 Å². The van der Waals surface area contributed by atoms with Gasteiger partial charge in [-0.3, -0.25) is 4.79 Å². The fraction of sp³-hybridized carbons (Fsp3) is 0.577. The van der Waals surface area contributed by atoms with Gasteiger partial charge >= 0.3 is 5.97 Å². The zero-order valence-electron chi connectivity index (χ0n) is 19.7. The summed E-state index contributed by atoms with van der Waals surface area (Å²) in [5.74, 6) is 2.90. The predicted octanol–water partition coefficient (Wildman–Crippen LogP) is 3.44. The summed E-state index contributed by atoms with van der Waals surface area (Å²) in [6.07, 6.45) is 10.5. The minimum atomic E-state index is -0.529. The third-order valence-electron chi connectivity index (χ3n) is 6.02. The third kappa shape index (κ3) is 6.73. The highest BCUT2D eigenvalue weighted by atomic mass is 16.6. The zero-order valence-corrected chi connectivity index (χ0v) is 19.7. The van der Waals surface area contributed by atoms with Gasteiger partial charge in [0.1, 0.15) is 17.4 Å². The predicted molar refractivity (Wildman–Crippen MR) is 124 cm³/mol. The fourth-order valence-electron chi connectivity index (χ4n) is 4.36. The van der Waals surface area contributed by atoms with Crippen LogP contribution in [0.25, 0.3) is 0 Å². The van der Waals surface area contributed by atoms with Crippen molar-refractivity contribution in [2.45, 2.75) is 89.1 Å². The van der Waals surface area contributed by atoms with Crippen LogP contribution in [0.3, 0.4) is 0 Å². The molecule has 0 radical (unpaired) electrons. The molecule has 1 heterocycles. The Morgan fingerprint density at radius 3 is 2.30 bits per heavy atom. The molecule has 176 valence electrons. The molecule has 2 fully saturated rings. The summed E-state index contributed by atoms with van der Waals surface area (Å²) in [5, 5.41) is 12.6. The van der Waals surface area contributed by atoms with Crippen LogP contribution in [0.15, 0.2) is 24.3 Å². The molecule has 1 aromatic rings. The van der Waals surface area contributed by atoms with Crippen LogP contribution >= 0.6 is 0 Å². The molecule has 1 saturated carbocycles. The molecule has 7 heteroatoms. The second-order valence-electron chi connectivity index (χ2n) is 9.70. The average molecular weight is 452 g/mol. The van der Waals surface area contributed by atoms with Crippen LogP contribution in [0.1, 0.15) is 69.7 Å². The Kier molecular flexibility index (Phi) is 8.00. The number of nitriles is 1. The molecule has 0 bridgehead atoms. The lowest BCUT2D eigenvalue weighted by atomic mass is 9.93. The number of nitrogens with zero attached hydrogens (tertiary/aromatic N) is 2. The summed E-state index contributed by atoms with van der Waals surface area (Å²) in [4.78, 5) is 26.3. The van der Waals surface area contributed by atoms with Gasteiger partial charge in [0.25, 0.3) is 0 Å². The van der Waals surface area contributed by atoms with Gasteiger partial charge in [0.2, 0.25) is 5.91 Å². The first-order valence-corrected chi connectivity index (χ1v) is 11.6. The Balaban J connectivity index is 1.42. The van der Waals surface area contributed by atoms with Gasteiger partial charge in [-0.1, -0.05) is 5.92 Å². The standard InChI is InChI=1S/C26H33N3O4/c1-5-20-10-11-21(16-27)29(20)24(30)17-28-19-8-14-23(15-9-19)32-22-12-6-18(7-13-22)25(31)33-26(2,3)4/h1,6-7,12-13,19-21,23,28H,8-11,14-15,17H2,2-4H3/t19-,20-,21-,23-/m0/s1. The van der Waals surface area contributed by atoms with E-state index in [0.29, 0.717) is 18.4 Å². The highest BCUT2D eigenvalue weighted by Gasteiger charge is 2.36. The Morgan fingerprint density at radius 1 is 1.09 bits per heavy atom. The maximum absolute atomic E-state index is 12.6. The topological polar surface area (TPSA) is 91.7 Å². The fourth-order valence-corrected chi connectivity index (χ4v) is 4.36. The molecule has 1 amide bonds. The molecular weight excluding hydrogens is 418 g/mol. The number of hydrogen-bond donors (Lipinski definition) is 1. The maximum atomic E-state index is 12.6. The highest BCUT2D eigenvalue weighted by molar-refractivity contribution is 5.89. The number of esters is 1. The summed E-state index contributed by atoms with van der Waals surface area (Å²) < 4.78 is 11.5. The van der Waals surface area contributed by atoms with E-state index in [1.165, 1.54) is 0 Å². The van der Waals surface area contributed by atoms with Crippen molar-refractivity contribution in [3.63, 3.8) is 0 Å². The molecule has 1 N–H and O–H groups in total. The molecule has 1 aliphatic heterocycles. The molecule has 3 rings (SSSR count). The van der Waals surface area contributed by atoms with Gasteiger partial charge in [0.15, 0.2) is 0 Å². The Hall–Kier alpha value is -3.03. The lowest BCUT2D eigenvalue weighted by molar-refractivity contribution is -0.131. The van der Waals surface area contributed by atoms with Crippen LogP contribution in [-0.2, 0) is 9.53 Å². The van der Waals surface area contributed by atoms with E-state index < -0.39 is 11.6 Å².